The molecule has 0 aromatic rings. The molecule has 6 heteroatoms. The second kappa shape index (κ2) is 66.7. The van der Waals surface area contributed by atoms with Crippen LogP contribution in [0.1, 0.15) is 406 Å². The highest BCUT2D eigenvalue weighted by Gasteiger charge is 2.19. The van der Waals surface area contributed by atoms with Crippen molar-refractivity contribution in [3.63, 3.8) is 0 Å². The summed E-state index contributed by atoms with van der Waals surface area (Å²) in [4.78, 5) is 38.4. The van der Waals surface area contributed by atoms with E-state index in [-0.39, 0.29) is 31.1 Å². The van der Waals surface area contributed by atoms with Crippen molar-refractivity contribution < 1.29 is 28.6 Å². The molecule has 1 unspecified atom stereocenters. The molecule has 0 bridgehead atoms. The molecule has 0 fully saturated rings. The molecular weight excluding hydrogens is 949 g/mol. The SMILES string of the molecule is CCCCCCCC/C=C\CCCCCCCCCC(=O)OCC(COC(=O)CCCCCCCCCCCCCCCCCCCCCCCCCC)OC(=O)CCCCCCCCCCCCCCCCCCCC. The van der Waals surface area contributed by atoms with Gasteiger partial charge in [-0.3, -0.25) is 14.4 Å². The normalized spacial score (nSPS) is 12.0. The van der Waals surface area contributed by atoms with Gasteiger partial charge in [-0.25, -0.2) is 0 Å². The lowest BCUT2D eigenvalue weighted by atomic mass is 10.0. The Morgan fingerprint density at radius 1 is 0.247 bits per heavy atom. The molecule has 77 heavy (non-hydrogen) atoms. The number of allylic oxidation sites excluding steroid dienone is 2. The van der Waals surface area contributed by atoms with Gasteiger partial charge in [0.15, 0.2) is 6.10 Å². The topological polar surface area (TPSA) is 78.9 Å². The van der Waals surface area contributed by atoms with E-state index in [4.69, 9.17) is 14.2 Å². The van der Waals surface area contributed by atoms with Crippen molar-refractivity contribution in [2.45, 2.75) is 412 Å². The maximum absolute atomic E-state index is 12.9. The van der Waals surface area contributed by atoms with Gasteiger partial charge in [0.05, 0.1) is 0 Å². The van der Waals surface area contributed by atoms with E-state index in [9.17, 15) is 14.4 Å². The van der Waals surface area contributed by atoms with Crippen molar-refractivity contribution in [2.24, 2.45) is 0 Å². The number of carbonyl (C=O) groups excluding carboxylic acids is 3. The van der Waals surface area contributed by atoms with Gasteiger partial charge in [0.25, 0.3) is 0 Å². The van der Waals surface area contributed by atoms with E-state index in [0.29, 0.717) is 19.3 Å². The summed E-state index contributed by atoms with van der Waals surface area (Å²) in [5.74, 6) is -0.832. The molecule has 0 saturated carbocycles. The summed E-state index contributed by atoms with van der Waals surface area (Å²) in [5, 5.41) is 0. The largest absolute Gasteiger partial charge is 0.462 e. The molecule has 1 atom stereocenters. The molecule has 0 aromatic heterocycles. The summed E-state index contributed by atoms with van der Waals surface area (Å²) in [7, 11) is 0. The minimum Gasteiger partial charge on any atom is -0.462 e. The number of unbranched alkanes of at least 4 members (excludes halogenated alkanes) is 53. The fraction of sp³-hybridized carbons (Fsp3) is 0.930. The van der Waals surface area contributed by atoms with Crippen molar-refractivity contribution in [2.75, 3.05) is 13.2 Å². The first-order valence-electron chi connectivity index (χ1n) is 35.2. The van der Waals surface area contributed by atoms with E-state index >= 15 is 0 Å². The monoisotopic (exact) mass is 1090 g/mol. The average molecular weight is 1090 g/mol. The lowest BCUT2D eigenvalue weighted by Gasteiger charge is -2.18. The number of hydrogen-bond acceptors (Lipinski definition) is 6. The van der Waals surface area contributed by atoms with Crippen LogP contribution in [-0.2, 0) is 28.6 Å². The Hall–Kier alpha value is -1.85. The number of carbonyl (C=O) groups is 3. The lowest BCUT2D eigenvalue weighted by molar-refractivity contribution is -0.167. The van der Waals surface area contributed by atoms with E-state index in [1.54, 1.807) is 0 Å². The van der Waals surface area contributed by atoms with Crippen LogP contribution in [0.4, 0.5) is 0 Å². The van der Waals surface area contributed by atoms with Crippen molar-refractivity contribution in [1.29, 1.82) is 0 Å². The molecule has 0 radical (unpaired) electrons. The first-order valence-corrected chi connectivity index (χ1v) is 35.2. The van der Waals surface area contributed by atoms with E-state index in [1.807, 2.05) is 0 Å². The van der Waals surface area contributed by atoms with E-state index in [1.165, 1.54) is 308 Å². The Bertz CT molecular complexity index is 1200. The molecule has 0 spiro atoms. The van der Waals surface area contributed by atoms with Gasteiger partial charge >= 0.3 is 17.9 Å². The average Bonchev–Trinajstić information content (AvgIpc) is 3.43. The molecule has 0 N–H and O–H groups in total. The number of rotatable bonds is 66. The van der Waals surface area contributed by atoms with Crippen LogP contribution in [-0.4, -0.2) is 37.2 Å². The van der Waals surface area contributed by atoms with Crippen LogP contribution in [0, 0.1) is 0 Å². The lowest BCUT2D eigenvalue weighted by Crippen LogP contribution is -2.30. The van der Waals surface area contributed by atoms with Crippen LogP contribution >= 0.6 is 0 Å². The van der Waals surface area contributed by atoms with Gasteiger partial charge in [-0.05, 0) is 44.9 Å². The summed E-state index contributed by atoms with van der Waals surface area (Å²) in [5.41, 5.74) is 0. The molecule has 0 rings (SSSR count). The van der Waals surface area contributed by atoms with Gasteiger partial charge < -0.3 is 14.2 Å². The van der Waals surface area contributed by atoms with Crippen LogP contribution in [0.15, 0.2) is 12.2 Å². The molecule has 0 heterocycles. The van der Waals surface area contributed by atoms with Crippen LogP contribution in [0.25, 0.3) is 0 Å². The van der Waals surface area contributed by atoms with Crippen LogP contribution in [0.3, 0.4) is 0 Å². The van der Waals surface area contributed by atoms with Crippen LogP contribution in [0.5, 0.6) is 0 Å². The molecule has 456 valence electrons. The zero-order chi connectivity index (χ0) is 55.7. The minimum absolute atomic E-state index is 0.0642. The Morgan fingerprint density at radius 3 is 0.649 bits per heavy atom. The predicted molar refractivity (Wildman–Crippen MR) is 335 cm³/mol. The summed E-state index contributed by atoms with van der Waals surface area (Å²) in [6.07, 6.45) is 79.5. The molecule has 0 saturated heterocycles. The van der Waals surface area contributed by atoms with E-state index in [2.05, 4.69) is 32.9 Å². The molecule has 0 aliphatic rings. The minimum atomic E-state index is -0.768. The van der Waals surface area contributed by atoms with Gasteiger partial charge in [-0.2, -0.15) is 0 Å². The second-order valence-corrected chi connectivity index (χ2v) is 24.2. The highest BCUT2D eigenvalue weighted by molar-refractivity contribution is 5.71. The molecule has 0 aromatic carbocycles. The number of hydrogen-bond donors (Lipinski definition) is 0. The molecule has 6 nitrogen and oxygen atoms in total. The predicted octanol–water partition coefficient (Wildman–Crippen LogP) is 24.0. The Labute approximate surface area is 481 Å². The summed E-state index contributed by atoms with van der Waals surface area (Å²) in [6, 6.07) is 0. The van der Waals surface area contributed by atoms with Crippen molar-refractivity contribution in [3.05, 3.63) is 12.2 Å². The summed E-state index contributed by atoms with van der Waals surface area (Å²) in [6.45, 7) is 6.73. The maximum Gasteiger partial charge on any atom is 0.306 e. The number of ether oxygens (including phenoxy) is 3. The standard InChI is InChI=1S/C71H136O6/c1-4-7-10-13-16-19-22-25-28-31-33-34-35-36-37-38-41-43-46-49-52-55-58-61-64-70(73)76-67-68(66-75-69(72)63-60-57-54-51-48-45-42-39-30-27-24-21-18-15-12-9-6-3)77-71(74)65-62-59-56-53-50-47-44-40-32-29-26-23-20-17-14-11-8-5-2/h27,30,68H,4-26,28-29,31-67H2,1-3H3/b30-27-. The van der Waals surface area contributed by atoms with Crippen LogP contribution in [0.2, 0.25) is 0 Å². The zero-order valence-electron chi connectivity index (χ0n) is 52.5. The fourth-order valence-corrected chi connectivity index (χ4v) is 11.0. The first kappa shape index (κ1) is 75.2. The Balaban J connectivity index is 4.25. The maximum atomic E-state index is 12.9. The van der Waals surface area contributed by atoms with Crippen molar-refractivity contribution >= 4 is 17.9 Å². The van der Waals surface area contributed by atoms with Gasteiger partial charge in [-0.1, -0.05) is 354 Å². The zero-order valence-corrected chi connectivity index (χ0v) is 52.5. The van der Waals surface area contributed by atoms with Gasteiger partial charge in [-0.15, -0.1) is 0 Å². The molecule has 0 aliphatic heterocycles. The van der Waals surface area contributed by atoms with Crippen molar-refractivity contribution in [1.82, 2.24) is 0 Å². The second-order valence-electron chi connectivity index (χ2n) is 24.2. The highest BCUT2D eigenvalue weighted by atomic mass is 16.6. The van der Waals surface area contributed by atoms with E-state index < -0.39 is 6.10 Å². The Morgan fingerprint density at radius 2 is 0.429 bits per heavy atom. The smallest absolute Gasteiger partial charge is 0.306 e. The Kier molecular flexibility index (Phi) is 65.1. The van der Waals surface area contributed by atoms with Crippen LogP contribution < -0.4 is 0 Å². The van der Waals surface area contributed by atoms with Gasteiger partial charge in [0, 0.05) is 19.3 Å². The quantitative estimate of drug-likeness (QED) is 0.0261. The molecule has 0 amide bonds. The third-order valence-corrected chi connectivity index (χ3v) is 16.3. The number of esters is 3. The van der Waals surface area contributed by atoms with Gasteiger partial charge in [0.1, 0.15) is 13.2 Å². The molecular formula is C71H136O6. The third kappa shape index (κ3) is 64.9. The van der Waals surface area contributed by atoms with Gasteiger partial charge in [0.2, 0.25) is 0 Å². The highest BCUT2D eigenvalue weighted by Crippen LogP contribution is 2.19. The van der Waals surface area contributed by atoms with E-state index in [0.717, 1.165) is 57.8 Å². The molecule has 0 aliphatic carbocycles. The first-order chi connectivity index (χ1) is 38.0. The van der Waals surface area contributed by atoms with Crippen molar-refractivity contribution in [3.8, 4) is 0 Å². The third-order valence-electron chi connectivity index (χ3n) is 16.3. The fourth-order valence-electron chi connectivity index (χ4n) is 11.0. The summed E-state index contributed by atoms with van der Waals surface area (Å²) >= 11 is 0. The summed E-state index contributed by atoms with van der Waals surface area (Å²) < 4.78 is 17.0.